The minimum atomic E-state index is -2.34. The van der Waals surface area contributed by atoms with E-state index in [2.05, 4.69) is 0 Å². The van der Waals surface area contributed by atoms with E-state index in [1.165, 1.54) is 0 Å². The van der Waals surface area contributed by atoms with Gasteiger partial charge in [0.2, 0.25) is 6.43 Å². The predicted octanol–water partition coefficient (Wildman–Crippen LogP) is 2.79. The van der Waals surface area contributed by atoms with Gasteiger partial charge in [0.05, 0.1) is 11.2 Å². The third kappa shape index (κ3) is 2.98. The molecule has 1 aromatic rings. The van der Waals surface area contributed by atoms with Crippen LogP contribution in [0.4, 0.5) is 8.78 Å². The topological polar surface area (TPSA) is 18.5 Å². The normalized spacial score (nSPS) is 21.1. The fourth-order valence-corrected chi connectivity index (χ4v) is 2.02. The molecular weight excluding hydrogens is 249 g/mol. The van der Waals surface area contributed by atoms with E-state index in [4.69, 9.17) is 9.31 Å². The molecule has 1 aromatic carbocycles. The largest absolute Gasteiger partial charge is 0.494 e. The quantitative estimate of drug-likeness (QED) is 0.785. The lowest BCUT2D eigenvalue weighted by Gasteiger charge is -2.32. The maximum absolute atomic E-state index is 12.4. The second kappa shape index (κ2) is 4.87. The van der Waals surface area contributed by atoms with Crippen LogP contribution in [0.1, 0.15) is 33.3 Å². The number of rotatable bonds is 3. The summed E-state index contributed by atoms with van der Waals surface area (Å²) in [7, 11) is -0.498. The highest BCUT2D eigenvalue weighted by molar-refractivity contribution is 6.62. The molecule has 1 aliphatic rings. The van der Waals surface area contributed by atoms with Gasteiger partial charge >= 0.3 is 7.12 Å². The van der Waals surface area contributed by atoms with Gasteiger partial charge in [-0.15, -0.1) is 0 Å². The number of benzene rings is 1. The van der Waals surface area contributed by atoms with Crippen molar-refractivity contribution in [3.63, 3.8) is 0 Å². The highest BCUT2D eigenvalue weighted by Crippen LogP contribution is 2.36. The van der Waals surface area contributed by atoms with E-state index in [9.17, 15) is 8.78 Å². The van der Waals surface area contributed by atoms with Crippen molar-refractivity contribution < 1.29 is 18.1 Å². The monoisotopic (exact) mass is 268 g/mol. The molecule has 0 spiro atoms. The summed E-state index contributed by atoms with van der Waals surface area (Å²) >= 11 is 0. The standard InChI is InChI=1S/C14H19BF2O2/c1-13(2)14(3,4)19-15(18-13)11-7-5-6-10(8-11)9-12(16)17/h5-8,12H,9H2,1-4H3. The van der Waals surface area contributed by atoms with E-state index < -0.39 is 24.7 Å². The van der Waals surface area contributed by atoms with Gasteiger partial charge < -0.3 is 9.31 Å². The van der Waals surface area contributed by atoms with Crippen molar-refractivity contribution >= 4 is 12.6 Å². The molecule has 0 bridgehead atoms. The summed E-state index contributed by atoms with van der Waals surface area (Å²) in [4.78, 5) is 0. The average molecular weight is 268 g/mol. The van der Waals surface area contributed by atoms with Crippen LogP contribution in [0.3, 0.4) is 0 Å². The van der Waals surface area contributed by atoms with Gasteiger partial charge in [0.25, 0.3) is 0 Å². The Bertz CT molecular complexity index is 445. The second-order valence-corrected chi connectivity index (χ2v) is 5.93. The molecule has 0 aromatic heterocycles. The molecule has 0 radical (unpaired) electrons. The number of hydrogen-bond donors (Lipinski definition) is 0. The maximum Gasteiger partial charge on any atom is 0.494 e. The number of halogens is 2. The highest BCUT2D eigenvalue weighted by atomic mass is 19.3. The third-order valence-corrected chi connectivity index (χ3v) is 3.87. The van der Waals surface area contributed by atoms with E-state index >= 15 is 0 Å². The van der Waals surface area contributed by atoms with Gasteiger partial charge in [-0.2, -0.15) is 0 Å². The molecule has 1 aliphatic heterocycles. The van der Waals surface area contributed by atoms with Crippen LogP contribution in [0.25, 0.3) is 0 Å². The van der Waals surface area contributed by atoms with E-state index in [1.807, 2.05) is 33.8 Å². The summed E-state index contributed by atoms with van der Waals surface area (Å²) < 4.78 is 36.6. The SMILES string of the molecule is CC1(C)OB(c2cccc(CC(F)F)c2)OC1(C)C. The summed E-state index contributed by atoms with van der Waals surface area (Å²) in [6.45, 7) is 7.87. The van der Waals surface area contributed by atoms with Crippen molar-refractivity contribution in [2.24, 2.45) is 0 Å². The molecule has 0 amide bonds. The van der Waals surface area contributed by atoms with E-state index in [0.717, 1.165) is 5.46 Å². The molecule has 0 aliphatic carbocycles. The summed E-state index contributed by atoms with van der Waals surface area (Å²) in [6.07, 6.45) is -2.58. The lowest BCUT2D eigenvalue weighted by Crippen LogP contribution is -2.41. The zero-order chi connectivity index (χ0) is 14.3. The summed E-state index contributed by atoms with van der Waals surface area (Å²) in [6, 6.07) is 7.03. The van der Waals surface area contributed by atoms with Crippen molar-refractivity contribution in [1.29, 1.82) is 0 Å². The predicted molar refractivity (Wildman–Crippen MR) is 71.9 cm³/mol. The van der Waals surface area contributed by atoms with Gasteiger partial charge in [-0.3, -0.25) is 0 Å². The molecule has 1 heterocycles. The molecule has 2 rings (SSSR count). The third-order valence-electron chi connectivity index (χ3n) is 3.87. The lowest BCUT2D eigenvalue weighted by atomic mass is 9.78. The Morgan fingerprint density at radius 1 is 1.11 bits per heavy atom. The fourth-order valence-electron chi connectivity index (χ4n) is 2.02. The first-order chi connectivity index (χ1) is 8.71. The van der Waals surface area contributed by atoms with Crippen LogP contribution in [0, 0.1) is 0 Å². The van der Waals surface area contributed by atoms with Crippen molar-refractivity contribution in [3.05, 3.63) is 29.8 Å². The molecule has 1 saturated heterocycles. The van der Waals surface area contributed by atoms with E-state index in [0.29, 0.717) is 5.56 Å². The van der Waals surface area contributed by atoms with Crippen LogP contribution in [0.15, 0.2) is 24.3 Å². The Balaban J connectivity index is 2.20. The molecule has 1 fully saturated rings. The first kappa shape index (κ1) is 14.5. The first-order valence-corrected chi connectivity index (χ1v) is 6.44. The average Bonchev–Trinajstić information content (AvgIpc) is 2.47. The smallest absolute Gasteiger partial charge is 0.399 e. The van der Waals surface area contributed by atoms with Crippen LogP contribution in [-0.4, -0.2) is 24.7 Å². The summed E-state index contributed by atoms with van der Waals surface area (Å²) in [5.41, 5.74) is 0.547. The summed E-state index contributed by atoms with van der Waals surface area (Å²) in [5, 5.41) is 0. The van der Waals surface area contributed by atoms with Gasteiger partial charge in [-0.05, 0) is 38.7 Å². The minimum Gasteiger partial charge on any atom is -0.399 e. The van der Waals surface area contributed by atoms with Gasteiger partial charge in [-0.1, -0.05) is 24.3 Å². The van der Waals surface area contributed by atoms with Crippen molar-refractivity contribution in [2.75, 3.05) is 0 Å². The van der Waals surface area contributed by atoms with Gasteiger partial charge in [0, 0.05) is 6.42 Å². The maximum atomic E-state index is 12.4. The zero-order valence-corrected chi connectivity index (χ0v) is 11.7. The molecule has 5 heteroatoms. The van der Waals surface area contributed by atoms with Crippen molar-refractivity contribution in [1.82, 2.24) is 0 Å². The van der Waals surface area contributed by atoms with Crippen LogP contribution in [-0.2, 0) is 15.7 Å². The Morgan fingerprint density at radius 2 is 1.68 bits per heavy atom. The molecule has 0 atom stereocenters. The van der Waals surface area contributed by atoms with Crippen LogP contribution >= 0.6 is 0 Å². The fraction of sp³-hybridized carbons (Fsp3) is 0.571. The number of hydrogen-bond acceptors (Lipinski definition) is 2. The van der Waals surface area contributed by atoms with Gasteiger partial charge in [0.15, 0.2) is 0 Å². The molecule has 0 unspecified atom stereocenters. The molecule has 0 saturated carbocycles. The highest BCUT2D eigenvalue weighted by Gasteiger charge is 2.51. The van der Waals surface area contributed by atoms with Crippen LogP contribution < -0.4 is 5.46 Å². The van der Waals surface area contributed by atoms with Crippen molar-refractivity contribution in [2.45, 2.75) is 51.7 Å². The molecule has 19 heavy (non-hydrogen) atoms. The van der Waals surface area contributed by atoms with Gasteiger partial charge in [0.1, 0.15) is 0 Å². The molecule has 2 nitrogen and oxygen atoms in total. The first-order valence-electron chi connectivity index (χ1n) is 6.44. The summed E-state index contributed by atoms with van der Waals surface area (Å²) in [5.74, 6) is 0. The van der Waals surface area contributed by atoms with E-state index in [-0.39, 0.29) is 6.42 Å². The Labute approximate surface area is 113 Å². The lowest BCUT2D eigenvalue weighted by molar-refractivity contribution is 0.00578. The Hall–Kier alpha value is -0.935. The van der Waals surface area contributed by atoms with E-state index in [1.54, 1.807) is 18.2 Å². The zero-order valence-electron chi connectivity index (χ0n) is 11.7. The molecular formula is C14H19BF2O2. The Kier molecular flexibility index (Phi) is 3.71. The van der Waals surface area contributed by atoms with Gasteiger partial charge in [-0.25, -0.2) is 8.78 Å². The Morgan fingerprint density at radius 3 is 2.21 bits per heavy atom. The van der Waals surface area contributed by atoms with Crippen LogP contribution in [0.5, 0.6) is 0 Å². The number of alkyl halides is 2. The van der Waals surface area contributed by atoms with Crippen molar-refractivity contribution in [3.8, 4) is 0 Å². The molecule has 104 valence electrons. The minimum absolute atomic E-state index is 0.243. The molecule has 0 N–H and O–H groups in total. The van der Waals surface area contributed by atoms with Crippen LogP contribution in [0.2, 0.25) is 0 Å². The second-order valence-electron chi connectivity index (χ2n) is 5.93.